The molecule has 1 heterocycles. The maximum absolute atomic E-state index is 12.2. The molecule has 0 saturated carbocycles. The number of carbonyl (C=O) groups is 1. The van der Waals surface area contributed by atoms with Gasteiger partial charge in [0, 0.05) is 13.5 Å². The lowest BCUT2D eigenvalue weighted by Crippen LogP contribution is -2.16. The van der Waals surface area contributed by atoms with Gasteiger partial charge in [-0.15, -0.1) is 0 Å². The predicted octanol–water partition coefficient (Wildman–Crippen LogP) is 3.98. The van der Waals surface area contributed by atoms with E-state index in [1.54, 1.807) is 41.9 Å². The topological polar surface area (TPSA) is 68.5 Å². The van der Waals surface area contributed by atoms with Crippen LogP contribution in [-0.2, 0) is 27.4 Å². The van der Waals surface area contributed by atoms with E-state index in [1.165, 1.54) is 11.3 Å². The summed E-state index contributed by atoms with van der Waals surface area (Å²) >= 11 is 13.6. The maximum Gasteiger partial charge on any atom is 0.249 e. The van der Waals surface area contributed by atoms with E-state index >= 15 is 0 Å². The van der Waals surface area contributed by atoms with E-state index in [0.29, 0.717) is 25.9 Å². The van der Waals surface area contributed by atoms with Gasteiger partial charge in [0.25, 0.3) is 0 Å². The Bertz CT molecular complexity index is 1170. The minimum Gasteiger partial charge on any atom is -0.318 e. The molecule has 0 aliphatic rings. The molecule has 27 heavy (non-hydrogen) atoms. The molecule has 0 radical (unpaired) electrons. The average molecular weight is 443 g/mol. The van der Waals surface area contributed by atoms with Crippen molar-refractivity contribution in [1.82, 2.24) is 4.57 Å². The molecule has 0 unspecified atom stereocenters. The largest absolute Gasteiger partial charge is 0.318 e. The number of carbonyl (C=O) groups excluding carboxylic acids is 1. The summed E-state index contributed by atoms with van der Waals surface area (Å²) in [4.78, 5) is 16.7. The van der Waals surface area contributed by atoms with Crippen molar-refractivity contribution >= 4 is 60.5 Å². The van der Waals surface area contributed by atoms with Crippen LogP contribution in [0.4, 0.5) is 0 Å². The second-order valence-corrected chi connectivity index (χ2v) is 9.96. The van der Waals surface area contributed by atoms with Crippen LogP contribution in [0.2, 0.25) is 10.0 Å². The molecule has 0 atom stereocenters. The summed E-state index contributed by atoms with van der Waals surface area (Å²) in [6.07, 6.45) is -0.169. The van der Waals surface area contributed by atoms with Crippen LogP contribution in [0.15, 0.2) is 47.5 Å². The van der Waals surface area contributed by atoms with E-state index in [0.717, 1.165) is 4.70 Å². The summed E-state index contributed by atoms with van der Waals surface area (Å²) in [7, 11) is -1.66. The normalized spacial score (nSPS) is 12.6. The minimum atomic E-state index is -3.39. The van der Waals surface area contributed by atoms with Crippen molar-refractivity contribution in [2.75, 3.05) is 5.75 Å². The van der Waals surface area contributed by atoms with Crippen molar-refractivity contribution in [3.8, 4) is 0 Å². The fourth-order valence-corrected chi connectivity index (χ4v) is 5.46. The molecule has 0 fully saturated rings. The third-order valence-electron chi connectivity index (χ3n) is 3.93. The fourth-order valence-electron chi connectivity index (χ4n) is 2.58. The second kappa shape index (κ2) is 8.14. The zero-order valence-electron chi connectivity index (χ0n) is 14.4. The second-order valence-electron chi connectivity index (χ2n) is 5.98. The number of sulfone groups is 1. The lowest BCUT2D eigenvalue weighted by Gasteiger charge is -2.03. The lowest BCUT2D eigenvalue weighted by atomic mass is 10.2. The standard InChI is InChI=1S/C18H16Cl2N2O3S2/c1-22-17-14(8-7-13(19)16(17)20)26-18(22)21-15(23)9-10-27(24,25)11-12-5-3-2-4-6-12/h2-8H,9-11H2,1H3. The van der Waals surface area contributed by atoms with E-state index in [4.69, 9.17) is 23.2 Å². The number of fused-ring (bicyclic) bond motifs is 1. The number of hydrogen-bond acceptors (Lipinski definition) is 4. The van der Waals surface area contributed by atoms with Crippen LogP contribution in [-0.4, -0.2) is 24.6 Å². The zero-order valence-corrected chi connectivity index (χ0v) is 17.5. The van der Waals surface area contributed by atoms with Crippen molar-refractivity contribution in [2.45, 2.75) is 12.2 Å². The molecule has 0 bridgehead atoms. The molecular formula is C18H16Cl2N2O3S2. The zero-order chi connectivity index (χ0) is 19.6. The Hall–Kier alpha value is -1.67. The highest BCUT2D eigenvalue weighted by Gasteiger charge is 2.15. The van der Waals surface area contributed by atoms with Gasteiger partial charge in [0.1, 0.15) is 0 Å². The molecule has 0 aliphatic heterocycles. The molecule has 0 N–H and O–H groups in total. The Balaban J connectivity index is 1.76. The summed E-state index contributed by atoms with van der Waals surface area (Å²) in [6.45, 7) is 0. The molecular weight excluding hydrogens is 427 g/mol. The number of rotatable bonds is 5. The molecule has 0 spiro atoms. The first kappa shape index (κ1) is 20.1. The van der Waals surface area contributed by atoms with Crippen molar-refractivity contribution in [3.63, 3.8) is 0 Å². The van der Waals surface area contributed by atoms with Gasteiger partial charge in [-0.2, -0.15) is 4.99 Å². The Labute approximate surface area is 170 Å². The predicted molar refractivity (Wildman–Crippen MR) is 110 cm³/mol. The minimum absolute atomic E-state index is 0.0914. The van der Waals surface area contributed by atoms with E-state index in [-0.39, 0.29) is 17.9 Å². The Kier molecular flexibility index (Phi) is 6.05. The molecule has 3 aromatic rings. The third-order valence-corrected chi connectivity index (χ3v) is 7.42. The van der Waals surface area contributed by atoms with Crippen LogP contribution in [0.3, 0.4) is 0 Å². The van der Waals surface area contributed by atoms with Gasteiger partial charge in [0.05, 0.1) is 31.8 Å². The molecule has 0 aliphatic carbocycles. The number of amides is 1. The summed E-state index contributed by atoms with van der Waals surface area (Å²) < 4.78 is 27.0. The van der Waals surface area contributed by atoms with Crippen molar-refractivity contribution < 1.29 is 13.2 Å². The van der Waals surface area contributed by atoms with Gasteiger partial charge < -0.3 is 4.57 Å². The van der Waals surface area contributed by atoms with Crippen LogP contribution >= 0.6 is 34.5 Å². The highest BCUT2D eigenvalue weighted by Crippen LogP contribution is 2.31. The molecule has 1 amide bonds. The van der Waals surface area contributed by atoms with E-state index < -0.39 is 15.7 Å². The smallest absolute Gasteiger partial charge is 0.249 e. The van der Waals surface area contributed by atoms with Crippen LogP contribution < -0.4 is 4.80 Å². The SMILES string of the molecule is Cn1c(=NC(=O)CCS(=O)(=O)Cc2ccccc2)sc2ccc(Cl)c(Cl)c21. The van der Waals surface area contributed by atoms with Gasteiger partial charge in [-0.05, 0) is 17.7 Å². The number of hydrogen-bond donors (Lipinski definition) is 0. The monoisotopic (exact) mass is 442 g/mol. The summed E-state index contributed by atoms with van der Waals surface area (Å²) in [5.74, 6) is -0.826. The Morgan fingerprint density at radius 2 is 1.85 bits per heavy atom. The number of thiazole rings is 1. The van der Waals surface area contributed by atoms with Gasteiger partial charge in [0.15, 0.2) is 14.6 Å². The molecule has 0 saturated heterocycles. The Morgan fingerprint density at radius 1 is 1.15 bits per heavy atom. The van der Waals surface area contributed by atoms with Crippen LogP contribution in [0.5, 0.6) is 0 Å². The number of aryl methyl sites for hydroxylation is 1. The van der Waals surface area contributed by atoms with E-state index in [1.807, 2.05) is 12.1 Å². The molecule has 142 valence electrons. The van der Waals surface area contributed by atoms with Crippen molar-refractivity contribution in [3.05, 3.63) is 62.9 Å². The van der Waals surface area contributed by atoms with E-state index in [2.05, 4.69) is 4.99 Å². The first-order valence-corrected chi connectivity index (χ1v) is 11.4. The highest BCUT2D eigenvalue weighted by molar-refractivity contribution is 7.90. The van der Waals surface area contributed by atoms with E-state index in [9.17, 15) is 13.2 Å². The number of nitrogens with zero attached hydrogens (tertiary/aromatic N) is 2. The van der Waals surface area contributed by atoms with Gasteiger partial charge in [0.2, 0.25) is 5.91 Å². The molecule has 2 aromatic carbocycles. The molecule has 5 nitrogen and oxygen atoms in total. The number of benzene rings is 2. The molecule has 9 heteroatoms. The summed E-state index contributed by atoms with van der Waals surface area (Å²) in [5, 5.41) is 0.815. The number of aromatic nitrogens is 1. The summed E-state index contributed by atoms with van der Waals surface area (Å²) in [6, 6.07) is 12.4. The van der Waals surface area contributed by atoms with Gasteiger partial charge >= 0.3 is 0 Å². The van der Waals surface area contributed by atoms with Crippen LogP contribution in [0.25, 0.3) is 10.2 Å². The van der Waals surface area contributed by atoms with Crippen LogP contribution in [0, 0.1) is 0 Å². The average Bonchev–Trinajstić information content (AvgIpc) is 2.93. The highest BCUT2D eigenvalue weighted by atomic mass is 35.5. The lowest BCUT2D eigenvalue weighted by molar-refractivity contribution is -0.117. The molecule has 1 aromatic heterocycles. The quantitative estimate of drug-likeness (QED) is 0.599. The number of halogens is 2. The van der Waals surface area contributed by atoms with Crippen molar-refractivity contribution in [2.24, 2.45) is 12.0 Å². The Morgan fingerprint density at radius 3 is 2.56 bits per heavy atom. The summed E-state index contributed by atoms with van der Waals surface area (Å²) in [5.41, 5.74) is 1.39. The first-order chi connectivity index (χ1) is 12.8. The van der Waals surface area contributed by atoms with Crippen molar-refractivity contribution in [1.29, 1.82) is 0 Å². The van der Waals surface area contributed by atoms with Crippen LogP contribution in [0.1, 0.15) is 12.0 Å². The maximum atomic E-state index is 12.2. The first-order valence-electron chi connectivity index (χ1n) is 8.02. The molecule has 3 rings (SSSR count). The fraction of sp³-hybridized carbons (Fsp3) is 0.222. The van der Waals surface area contributed by atoms with Gasteiger partial charge in [-0.25, -0.2) is 8.42 Å². The van der Waals surface area contributed by atoms with Gasteiger partial charge in [-0.1, -0.05) is 64.9 Å². The van der Waals surface area contributed by atoms with Gasteiger partial charge in [-0.3, -0.25) is 4.79 Å². The third kappa shape index (κ3) is 4.79.